The number of fused-ring (bicyclic) bond motifs is 2. The van der Waals surface area contributed by atoms with E-state index < -0.39 is 0 Å². The first-order valence-corrected chi connectivity index (χ1v) is 8.42. The molecule has 1 amide bonds. The molecule has 0 spiro atoms. The fourth-order valence-corrected chi connectivity index (χ4v) is 3.47. The van der Waals surface area contributed by atoms with Crippen LogP contribution in [0.2, 0.25) is 5.15 Å². The van der Waals surface area contributed by atoms with Crippen molar-refractivity contribution in [2.24, 2.45) is 0 Å². The Hall–Kier alpha value is -1.82. The molecule has 0 aromatic carbocycles. The molecule has 2 bridgehead atoms. The number of carbonyl (C=O) groups excluding carboxylic acids is 1. The number of hydrogen-bond acceptors (Lipinski definition) is 5. The summed E-state index contributed by atoms with van der Waals surface area (Å²) in [5.74, 6) is 0.374. The van der Waals surface area contributed by atoms with Crippen LogP contribution in [-0.2, 0) is 4.74 Å². The zero-order valence-electron chi connectivity index (χ0n) is 13.2. The first-order valence-electron chi connectivity index (χ1n) is 8.05. The van der Waals surface area contributed by atoms with Gasteiger partial charge in [0.1, 0.15) is 0 Å². The summed E-state index contributed by atoms with van der Waals surface area (Å²) in [5.41, 5.74) is 7.84. The van der Waals surface area contributed by atoms with Gasteiger partial charge < -0.3 is 10.5 Å². The number of anilines is 1. The van der Waals surface area contributed by atoms with E-state index in [1.807, 2.05) is 4.90 Å². The molecule has 3 rings (SSSR count). The van der Waals surface area contributed by atoms with E-state index in [4.69, 9.17) is 22.1 Å². The van der Waals surface area contributed by atoms with Crippen LogP contribution in [-0.4, -0.2) is 39.9 Å². The van der Waals surface area contributed by atoms with Gasteiger partial charge in [0, 0.05) is 11.6 Å². The van der Waals surface area contributed by atoms with Gasteiger partial charge in [0.05, 0.1) is 12.6 Å². The van der Waals surface area contributed by atoms with Crippen LogP contribution >= 0.6 is 11.6 Å². The highest BCUT2D eigenvalue weighted by molar-refractivity contribution is 6.29. The van der Waals surface area contributed by atoms with E-state index in [1.54, 1.807) is 6.07 Å². The summed E-state index contributed by atoms with van der Waals surface area (Å²) in [6.07, 6.45) is 6.45. The number of rotatable bonds is 4. The van der Waals surface area contributed by atoms with Crippen molar-refractivity contribution in [1.29, 1.82) is 0 Å². The standard InChI is InChI=1S/C16H21ClN4O2/c1-2-3-6-23-16(22)21-11-4-5-12(21)8-10(7-11)13-9-14(17)19-20-15(13)18/h7,9,11-12H,2-6,8H2,1H3,(H2,18,20). The number of hydrogen-bond donors (Lipinski definition) is 1. The Morgan fingerprint density at radius 1 is 1.48 bits per heavy atom. The molecule has 0 saturated carbocycles. The average molecular weight is 337 g/mol. The Balaban J connectivity index is 1.78. The molecular formula is C16H21ClN4O2. The first-order chi connectivity index (χ1) is 11.1. The summed E-state index contributed by atoms with van der Waals surface area (Å²) in [4.78, 5) is 14.2. The molecular weight excluding hydrogens is 316 g/mol. The van der Waals surface area contributed by atoms with Crippen molar-refractivity contribution in [3.8, 4) is 0 Å². The summed E-state index contributed by atoms with van der Waals surface area (Å²) in [7, 11) is 0. The van der Waals surface area contributed by atoms with E-state index in [-0.39, 0.29) is 18.2 Å². The summed E-state index contributed by atoms with van der Waals surface area (Å²) < 4.78 is 5.38. The van der Waals surface area contributed by atoms with Gasteiger partial charge >= 0.3 is 6.09 Å². The summed E-state index contributed by atoms with van der Waals surface area (Å²) in [6.45, 7) is 2.56. The highest BCUT2D eigenvalue weighted by atomic mass is 35.5. The lowest BCUT2D eigenvalue weighted by molar-refractivity contribution is 0.0878. The summed E-state index contributed by atoms with van der Waals surface area (Å²) in [5, 5.41) is 7.95. The van der Waals surface area contributed by atoms with E-state index in [1.165, 1.54) is 0 Å². The molecule has 2 N–H and O–H groups in total. The number of unbranched alkanes of at least 4 members (excludes halogenated alkanes) is 1. The second-order valence-electron chi connectivity index (χ2n) is 6.04. The molecule has 0 radical (unpaired) electrons. The fraction of sp³-hybridized carbons (Fsp3) is 0.562. The van der Waals surface area contributed by atoms with E-state index >= 15 is 0 Å². The van der Waals surface area contributed by atoms with Crippen molar-refractivity contribution < 1.29 is 9.53 Å². The van der Waals surface area contributed by atoms with E-state index in [2.05, 4.69) is 23.2 Å². The molecule has 2 aliphatic rings. The van der Waals surface area contributed by atoms with Crippen molar-refractivity contribution in [1.82, 2.24) is 15.1 Å². The van der Waals surface area contributed by atoms with Gasteiger partial charge in [0.2, 0.25) is 0 Å². The van der Waals surface area contributed by atoms with Gasteiger partial charge in [-0.1, -0.05) is 31.0 Å². The third-order valence-electron chi connectivity index (χ3n) is 4.47. The Morgan fingerprint density at radius 3 is 3.04 bits per heavy atom. The lowest BCUT2D eigenvalue weighted by Gasteiger charge is -2.33. The lowest BCUT2D eigenvalue weighted by atomic mass is 9.95. The van der Waals surface area contributed by atoms with Crippen molar-refractivity contribution in [2.75, 3.05) is 12.3 Å². The molecule has 1 fully saturated rings. The quantitative estimate of drug-likeness (QED) is 0.853. The van der Waals surface area contributed by atoms with Crippen LogP contribution in [0.15, 0.2) is 12.1 Å². The van der Waals surface area contributed by atoms with Gasteiger partial charge in [-0.25, -0.2) is 4.79 Å². The predicted molar refractivity (Wildman–Crippen MR) is 89.0 cm³/mol. The molecule has 2 unspecified atom stereocenters. The van der Waals surface area contributed by atoms with Gasteiger partial charge in [-0.05, 0) is 37.3 Å². The lowest BCUT2D eigenvalue weighted by Crippen LogP contribution is -2.43. The molecule has 7 heteroatoms. The molecule has 6 nitrogen and oxygen atoms in total. The van der Waals surface area contributed by atoms with E-state index in [0.717, 1.165) is 43.2 Å². The van der Waals surface area contributed by atoms with Crippen LogP contribution in [0.25, 0.3) is 5.57 Å². The Morgan fingerprint density at radius 2 is 2.30 bits per heavy atom. The van der Waals surface area contributed by atoms with Gasteiger partial charge in [-0.2, -0.15) is 0 Å². The molecule has 3 heterocycles. The van der Waals surface area contributed by atoms with Gasteiger partial charge in [-0.3, -0.25) is 4.90 Å². The van der Waals surface area contributed by atoms with Crippen molar-refractivity contribution in [2.45, 2.75) is 51.1 Å². The van der Waals surface area contributed by atoms with Gasteiger partial charge in [0.15, 0.2) is 11.0 Å². The number of nitrogens with zero attached hydrogens (tertiary/aromatic N) is 3. The number of halogens is 1. The number of carbonyl (C=O) groups is 1. The monoisotopic (exact) mass is 336 g/mol. The Bertz CT molecular complexity index is 635. The maximum Gasteiger partial charge on any atom is 0.410 e. The highest BCUT2D eigenvalue weighted by Gasteiger charge is 2.40. The predicted octanol–water partition coefficient (Wildman–Crippen LogP) is 3.27. The molecule has 1 aromatic heterocycles. The third kappa shape index (κ3) is 3.27. The summed E-state index contributed by atoms with van der Waals surface area (Å²) >= 11 is 5.93. The fourth-order valence-electron chi connectivity index (χ4n) is 3.33. The molecule has 0 aliphatic carbocycles. The van der Waals surface area contributed by atoms with E-state index in [9.17, 15) is 4.79 Å². The third-order valence-corrected chi connectivity index (χ3v) is 4.65. The van der Waals surface area contributed by atoms with Crippen molar-refractivity contribution in [3.63, 3.8) is 0 Å². The molecule has 1 saturated heterocycles. The SMILES string of the molecule is CCCCOC(=O)N1C2C=C(c3cc(Cl)nnc3N)CC1CC2. The molecule has 2 aliphatic heterocycles. The van der Waals surface area contributed by atoms with Crippen molar-refractivity contribution >= 4 is 29.1 Å². The van der Waals surface area contributed by atoms with Gasteiger partial charge in [-0.15, -0.1) is 10.2 Å². The minimum atomic E-state index is -0.208. The Kier molecular flexibility index (Phi) is 4.71. The normalized spacial score (nSPS) is 22.9. The van der Waals surface area contributed by atoms with Gasteiger partial charge in [0.25, 0.3) is 0 Å². The zero-order chi connectivity index (χ0) is 16.4. The second kappa shape index (κ2) is 6.74. The number of aromatic nitrogens is 2. The number of nitrogens with two attached hydrogens (primary N) is 1. The molecule has 1 aromatic rings. The first kappa shape index (κ1) is 16.1. The number of amides is 1. The molecule has 124 valence electrons. The minimum Gasteiger partial charge on any atom is -0.449 e. The maximum absolute atomic E-state index is 12.3. The van der Waals surface area contributed by atoms with Crippen LogP contribution in [0, 0.1) is 0 Å². The van der Waals surface area contributed by atoms with Crippen molar-refractivity contribution in [3.05, 3.63) is 22.9 Å². The minimum absolute atomic E-state index is 0.0595. The van der Waals surface area contributed by atoms with Crippen LogP contribution in [0.1, 0.15) is 44.6 Å². The van der Waals surface area contributed by atoms with Crippen LogP contribution in [0.4, 0.5) is 10.6 Å². The number of nitrogen functional groups attached to an aromatic ring is 1. The smallest absolute Gasteiger partial charge is 0.410 e. The van der Waals surface area contributed by atoms with E-state index in [0.29, 0.717) is 17.6 Å². The average Bonchev–Trinajstić information content (AvgIpc) is 2.80. The van der Waals surface area contributed by atoms with Crippen LogP contribution < -0.4 is 5.73 Å². The van der Waals surface area contributed by atoms with Crippen LogP contribution in [0.5, 0.6) is 0 Å². The Labute approximate surface area is 140 Å². The highest BCUT2D eigenvalue weighted by Crippen LogP contribution is 2.40. The second-order valence-corrected chi connectivity index (χ2v) is 6.42. The number of ether oxygens (including phenoxy) is 1. The summed E-state index contributed by atoms with van der Waals surface area (Å²) in [6, 6.07) is 1.95. The zero-order valence-corrected chi connectivity index (χ0v) is 13.9. The molecule has 2 atom stereocenters. The maximum atomic E-state index is 12.3. The largest absolute Gasteiger partial charge is 0.449 e. The topological polar surface area (TPSA) is 81.3 Å². The molecule has 23 heavy (non-hydrogen) atoms. The van der Waals surface area contributed by atoms with Crippen LogP contribution in [0.3, 0.4) is 0 Å².